The summed E-state index contributed by atoms with van der Waals surface area (Å²) in [5.41, 5.74) is 4.24. The van der Waals surface area contributed by atoms with Crippen molar-refractivity contribution >= 4 is 32.7 Å². The third-order valence-corrected chi connectivity index (χ3v) is 9.17. The zero-order chi connectivity index (χ0) is 29.1. The standard InChI is InChI=1S/C31H36N6O3S/c1-22-19-29(38)26(34-24-11-13-35(14-12-24)27-8-4-3-7-23(27)21-32)20-25(22)31(39)37-17-15-36(16-18-37)28-9-5-6-10-30(28)41(2,33)40/h3-10,19-20,24,33-34,38H,11-18H2,1-2H3/t41-/m0/s1. The molecule has 0 aromatic heterocycles. The second-order valence-corrected chi connectivity index (χ2v) is 12.9. The Kier molecular flexibility index (Phi) is 8.08. The second-order valence-electron chi connectivity index (χ2n) is 10.8. The van der Waals surface area contributed by atoms with E-state index in [2.05, 4.69) is 21.2 Å². The molecule has 0 aliphatic carbocycles. The molecule has 0 spiro atoms. The van der Waals surface area contributed by atoms with Crippen molar-refractivity contribution in [3.63, 3.8) is 0 Å². The molecule has 9 nitrogen and oxygen atoms in total. The topological polar surface area (TPSA) is 124 Å². The van der Waals surface area contributed by atoms with Gasteiger partial charge in [-0.15, -0.1) is 0 Å². The Labute approximate surface area is 242 Å². The van der Waals surface area contributed by atoms with Gasteiger partial charge in [0.15, 0.2) is 0 Å². The van der Waals surface area contributed by atoms with Crippen molar-refractivity contribution in [2.24, 2.45) is 0 Å². The quantitative estimate of drug-likeness (QED) is 0.367. The van der Waals surface area contributed by atoms with E-state index < -0.39 is 9.73 Å². The summed E-state index contributed by atoms with van der Waals surface area (Å²) in [5.74, 6) is 0.0393. The molecule has 2 aliphatic rings. The van der Waals surface area contributed by atoms with Gasteiger partial charge in [0.05, 0.1) is 37.3 Å². The SMILES string of the molecule is Cc1cc(O)c(NC2CCN(c3ccccc3C#N)CC2)cc1C(=O)N1CCN(c2ccccc2[S@@](C)(=N)=O)CC1. The van der Waals surface area contributed by atoms with Crippen LogP contribution in [0.2, 0.25) is 0 Å². The molecular weight excluding hydrogens is 536 g/mol. The van der Waals surface area contributed by atoms with Crippen molar-refractivity contribution in [1.29, 1.82) is 10.0 Å². The van der Waals surface area contributed by atoms with Gasteiger partial charge >= 0.3 is 0 Å². The maximum Gasteiger partial charge on any atom is 0.254 e. The first kappa shape index (κ1) is 28.3. The van der Waals surface area contributed by atoms with Crippen LogP contribution in [0.1, 0.15) is 34.3 Å². The molecule has 0 bridgehead atoms. The van der Waals surface area contributed by atoms with E-state index in [-0.39, 0.29) is 17.7 Å². The van der Waals surface area contributed by atoms with Gasteiger partial charge in [-0.25, -0.2) is 8.99 Å². The smallest absolute Gasteiger partial charge is 0.254 e. The van der Waals surface area contributed by atoms with Crippen molar-refractivity contribution in [3.05, 3.63) is 77.4 Å². The molecule has 0 unspecified atom stereocenters. The number of aromatic hydroxyl groups is 1. The Balaban J connectivity index is 1.24. The lowest BCUT2D eigenvalue weighted by Crippen LogP contribution is -2.49. The van der Waals surface area contributed by atoms with Crippen molar-refractivity contribution in [3.8, 4) is 11.8 Å². The summed E-state index contributed by atoms with van der Waals surface area (Å²) in [6.45, 7) is 5.57. The number of anilines is 3. The molecular formula is C31H36N6O3S. The fourth-order valence-corrected chi connectivity index (χ4v) is 6.67. The molecule has 1 atom stereocenters. The van der Waals surface area contributed by atoms with E-state index in [9.17, 15) is 19.4 Å². The number of nitrogens with zero attached hydrogens (tertiary/aromatic N) is 4. The van der Waals surface area contributed by atoms with Crippen LogP contribution in [0.5, 0.6) is 5.75 Å². The van der Waals surface area contributed by atoms with Gasteiger partial charge < -0.3 is 25.1 Å². The van der Waals surface area contributed by atoms with Crippen LogP contribution < -0.4 is 15.1 Å². The minimum Gasteiger partial charge on any atom is -0.506 e. The van der Waals surface area contributed by atoms with Crippen LogP contribution in [0.4, 0.5) is 17.1 Å². The van der Waals surface area contributed by atoms with Gasteiger partial charge in [-0.05, 0) is 61.7 Å². The Bertz CT molecular complexity index is 1580. The predicted molar refractivity (Wildman–Crippen MR) is 162 cm³/mol. The number of piperidine rings is 1. The van der Waals surface area contributed by atoms with Crippen molar-refractivity contribution in [2.75, 3.05) is 60.6 Å². The molecule has 3 aromatic rings. The van der Waals surface area contributed by atoms with Gasteiger partial charge in [0.2, 0.25) is 0 Å². The molecule has 2 saturated heterocycles. The summed E-state index contributed by atoms with van der Waals surface area (Å²) in [5, 5.41) is 23.6. The summed E-state index contributed by atoms with van der Waals surface area (Å²) < 4.78 is 20.6. The number of hydrogen-bond donors (Lipinski definition) is 3. The lowest BCUT2D eigenvalue weighted by Gasteiger charge is -2.37. The molecule has 10 heteroatoms. The average Bonchev–Trinajstić information content (AvgIpc) is 2.98. The number of para-hydroxylation sites is 2. The van der Waals surface area contributed by atoms with E-state index in [1.165, 1.54) is 6.26 Å². The normalized spacial score (nSPS) is 17.5. The Morgan fingerprint density at radius 3 is 2.24 bits per heavy atom. The van der Waals surface area contributed by atoms with Gasteiger partial charge in [-0.1, -0.05) is 24.3 Å². The Morgan fingerprint density at radius 2 is 1.59 bits per heavy atom. The molecule has 3 aromatic carbocycles. The summed E-state index contributed by atoms with van der Waals surface area (Å²) >= 11 is 0. The van der Waals surface area contributed by atoms with Gasteiger partial charge in [-0.3, -0.25) is 4.79 Å². The van der Waals surface area contributed by atoms with Gasteiger partial charge in [0, 0.05) is 57.1 Å². The first-order valence-electron chi connectivity index (χ1n) is 13.9. The van der Waals surface area contributed by atoms with E-state index in [4.69, 9.17) is 4.78 Å². The number of phenols is 1. The van der Waals surface area contributed by atoms with E-state index >= 15 is 0 Å². The number of carbonyl (C=O) groups is 1. The number of piperazine rings is 1. The fourth-order valence-electron chi connectivity index (χ4n) is 5.74. The first-order valence-corrected chi connectivity index (χ1v) is 15.8. The van der Waals surface area contributed by atoms with E-state index in [1.54, 1.807) is 24.3 Å². The average molecular weight is 573 g/mol. The highest BCUT2D eigenvalue weighted by Gasteiger charge is 2.27. The molecule has 2 aliphatic heterocycles. The highest BCUT2D eigenvalue weighted by Crippen LogP contribution is 2.32. The second kappa shape index (κ2) is 11.7. The molecule has 3 N–H and O–H groups in total. The minimum atomic E-state index is -2.87. The number of benzene rings is 3. The van der Waals surface area contributed by atoms with Crippen LogP contribution in [0.15, 0.2) is 65.6 Å². The molecule has 0 saturated carbocycles. The summed E-state index contributed by atoms with van der Waals surface area (Å²) in [6.07, 6.45) is 3.10. The zero-order valence-electron chi connectivity index (χ0n) is 23.5. The monoisotopic (exact) mass is 572 g/mol. The molecule has 5 rings (SSSR count). The number of nitriles is 1. The number of hydrogen-bond acceptors (Lipinski definition) is 8. The maximum atomic E-state index is 13.6. The molecule has 1 amide bonds. The maximum absolute atomic E-state index is 13.6. The number of rotatable bonds is 6. The Morgan fingerprint density at radius 1 is 0.976 bits per heavy atom. The van der Waals surface area contributed by atoms with Crippen molar-refractivity contribution in [1.82, 2.24) is 4.90 Å². The van der Waals surface area contributed by atoms with Crippen LogP contribution in [-0.2, 0) is 9.73 Å². The fraction of sp³-hybridized carbons (Fsp3) is 0.355. The van der Waals surface area contributed by atoms with Crippen molar-refractivity contribution < 1.29 is 14.1 Å². The summed E-state index contributed by atoms with van der Waals surface area (Å²) in [6, 6.07) is 20.8. The van der Waals surface area contributed by atoms with Gasteiger partial charge in [-0.2, -0.15) is 5.26 Å². The third-order valence-electron chi connectivity index (χ3n) is 7.99. The van der Waals surface area contributed by atoms with E-state index in [1.807, 2.05) is 48.2 Å². The van der Waals surface area contributed by atoms with Gasteiger partial charge in [0.25, 0.3) is 5.91 Å². The largest absolute Gasteiger partial charge is 0.506 e. The van der Waals surface area contributed by atoms with Crippen molar-refractivity contribution in [2.45, 2.75) is 30.7 Å². The van der Waals surface area contributed by atoms with E-state index in [0.717, 1.165) is 37.3 Å². The van der Waals surface area contributed by atoms with Crippen LogP contribution in [0, 0.1) is 23.0 Å². The number of carbonyl (C=O) groups excluding carboxylic acids is 1. The molecule has 2 heterocycles. The summed E-state index contributed by atoms with van der Waals surface area (Å²) in [4.78, 5) is 20.2. The number of nitrogens with one attached hydrogen (secondary N) is 2. The van der Waals surface area contributed by atoms with Crippen LogP contribution in [0.3, 0.4) is 0 Å². The predicted octanol–water partition coefficient (Wildman–Crippen LogP) is 4.65. The highest BCUT2D eigenvalue weighted by atomic mass is 32.2. The molecule has 0 radical (unpaired) electrons. The van der Waals surface area contributed by atoms with Crippen LogP contribution in [0.25, 0.3) is 0 Å². The van der Waals surface area contributed by atoms with E-state index in [0.29, 0.717) is 53.5 Å². The van der Waals surface area contributed by atoms with Crippen LogP contribution >= 0.6 is 0 Å². The lowest BCUT2D eigenvalue weighted by atomic mass is 10.0. The Hall–Kier alpha value is -4.23. The number of phenolic OH excluding ortho intramolecular Hbond substituents is 1. The first-order chi connectivity index (χ1) is 19.7. The molecule has 2 fully saturated rings. The highest BCUT2D eigenvalue weighted by molar-refractivity contribution is 7.91. The lowest BCUT2D eigenvalue weighted by molar-refractivity contribution is 0.0746. The third kappa shape index (κ3) is 6.10. The minimum absolute atomic E-state index is 0.0822. The summed E-state index contributed by atoms with van der Waals surface area (Å²) in [7, 11) is -2.87. The molecule has 214 valence electrons. The van der Waals surface area contributed by atoms with Crippen LogP contribution in [-0.4, -0.2) is 71.7 Å². The zero-order valence-corrected chi connectivity index (χ0v) is 24.3. The molecule has 41 heavy (non-hydrogen) atoms. The number of aryl methyl sites for hydroxylation is 1. The van der Waals surface area contributed by atoms with Gasteiger partial charge in [0.1, 0.15) is 11.8 Å². The number of amides is 1.